The molecule has 2 rings (SSSR count). The molecule has 0 aliphatic heterocycles. The van der Waals surface area contributed by atoms with E-state index < -0.39 is 0 Å². The maximum Gasteiger partial charge on any atom is 0.183 e. The Hall–Kier alpha value is -1.65. The van der Waals surface area contributed by atoms with Crippen LogP contribution in [0.25, 0.3) is 11.0 Å². The van der Waals surface area contributed by atoms with E-state index in [0.29, 0.717) is 10.9 Å². The minimum atomic E-state index is 0.529. The van der Waals surface area contributed by atoms with Crippen LogP contribution in [0, 0.1) is 11.5 Å². The van der Waals surface area contributed by atoms with Gasteiger partial charge in [-0.3, -0.25) is 15.3 Å². The number of hydrogen-bond donors (Lipinski definition) is 1. The normalized spacial score (nSPS) is 11.3. The fraction of sp³-hybridized carbons (Fsp3) is 0.0909. The molecule has 2 aromatic rings. The zero-order valence-corrected chi connectivity index (χ0v) is 11.8. The van der Waals surface area contributed by atoms with E-state index in [1.807, 2.05) is 24.6 Å². The predicted molar refractivity (Wildman–Crippen MR) is 76.6 cm³/mol. The molecule has 0 saturated carbocycles. The van der Waals surface area contributed by atoms with E-state index in [9.17, 15) is 0 Å². The monoisotopic (exact) mass is 321 g/mol. The van der Waals surface area contributed by atoms with Crippen molar-refractivity contribution in [3.8, 4) is 6.19 Å². The lowest BCUT2D eigenvalue weighted by Gasteiger charge is -2.04. The van der Waals surface area contributed by atoms with E-state index in [1.165, 1.54) is 11.8 Å². The average Bonchev–Trinajstić information content (AvgIpc) is 2.41. The molecule has 0 radical (unpaired) electrons. The van der Waals surface area contributed by atoms with E-state index in [0.717, 1.165) is 15.5 Å². The molecule has 1 heterocycles. The Morgan fingerprint density at radius 3 is 2.94 bits per heavy atom. The van der Waals surface area contributed by atoms with Crippen molar-refractivity contribution < 1.29 is 0 Å². The third kappa shape index (κ3) is 2.60. The van der Waals surface area contributed by atoms with E-state index in [2.05, 4.69) is 36.2 Å². The Labute approximate surface area is 116 Å². The number of aromatic nitrogens is 2. The molecule has 90 valence electrons. The predicted octanol–water partition coefficient (Wildman–Crippen LogP) is 2.81. The molecule has 0 aliphatic rings. The molecular weight excluding hydrogens is 314 g/mol. The minimum Gasteiger partial charge on any atom is -0.271 e. The zero-order valence-electron chi connectivity index (χ0n) is 9.38. The summed E-state index contributed by atoms with van der Waals surface area (Å²) in [5.74, 6) is 0. The lowest BCUT2D eigenvalue weighted by atomic mass is 10.2. The number of nitrogens with zero attached hydrogens (tertiary/aromatic N) is 4. The molecule has 0 fully saturated rings. The smallest absolute Gasteiger partial charge is 0.183 e. The van der Waals surface area contributed by atoms with Gasteiger partial charge in [0.2, 0.25) is 0 Å². The van der Waals surface area contributed by atoms with Crippen LogP contribution in [0.15, 0.2) is 34.0 Å². The van der Waals surface area contributed by atoms with Crippen LogP contribution in [0.2, 0.25) is 0 Å². The molecule has 1 aromatic carbocycles. The molecule has 0 bridgehead atoms. The topological polar surface area (TPSA) is 74.0 Å². The molecule has 0 unspecified atom stereocenters. The van der Waals surface area contributed by atoms with Crippen molar-refractivity contribution in [1.29, 1.82) is 5.26 Å². The highest BCUT2D eigenvalue weighted by Crippen LogP contribution is 2.31. The number of nitriles is 1. The van der Waals surface area contributed by atoms with Gasteiger partial charge in [0.15, 0.2) is 11.4 Å². The molecule has 18 heavy (non-hydrogen) atoms. The number of nitrogens with one attached hydrogen (secondary N) is 1. The van der Waals surface area contributed by atoms with Crippen molar-refractivity contribution in [3.63, 3.8) is 0 Å². The van der Waals surface area contributed by atoms with Gasteiger partial charge in [0, 0.05) is 12.4 Å². The Morgan fingerprint density at radius 1 is 1.44 bits per heavy atom. The van der Waals surface area contributed by atoms with Gasteiger partial charge in [-0.25, -0.2) is 4.99 Å². The zero-order chi connectivity index (χ0) is 13.0. The number of fused-ring (bicyclic) bond motifs is 1. The van der Waals surface area contributed by atoms with E-state index >= 15 is 0 Å². The molecule has 0 aliphatic carbocycles. The summed E-state index contributed by atoms with van der Waals surface area (Å²) in [5, 5.41) is 11.6. The Balaban J connectivity index is 2.53. The average molecular weight is 322 g/mol. The van der Waals surface area contributed by atoms with Gasteiger partial charge < -0.3 is 0 Å². The van der Waals surface area contributed by atoms with Crippen molar-refractivity contribution in [2.75, 3.05) is 6.26 Å². The van der Waals surface area contributed by atoms with E-state index in [4.69, 9.17) is 5.26 Å². The van der Waals surface area contributed by atoms with Crippen LogP contribution in [0.3, 0.4) is 0 Å². The third-order valence-corrected chi connectivity index (χ3v) is 3.50. The van der Waals surface area contributed by atoms with Crippen LogP contribution in [0.4, 0.5) is 5.69 Å². The SMILES string of the molecule is CSC(=Nc1ccc2nccnc2c1Br)NC#N. The van der Waals surface area contributed by atoms with Gasteiger partial charge in [0.1, 0.15) is 5.52 Å². The second kappa shape index (κ2) is 5.80. The first-order chi connectivity index (χ1) is 8.76. The summed E-state index contributed by atoms with van der Waals surface area (Å²) in [6.45, 7) is 0. The van der Waals surface area contributed by atoms with Gasteiger partial charge in [-0.1, -0.05) is 11.8 Å². The van der Waals surface area contributed by atoms with Gasteiger partial charge in [-0.2, -0.15) is 5.26 Å². The number of benzene rings is 1. The van der Waals surface area contributed by atoms with E-state index in [1.54, 1.807) is 12.4 Å². The number of halogens is 1. The first-order valence-electron chi connectivity index (χ1n) is 4.93. The summed E-state index contributed by atoms with van der Waals surface area (Å²) < 4.78 is 0.763. The Bertz CT molecular complexity index is 649. The number of amidine groups is 1. The first kappa shape index (κ1) is 12.8. The molecule has 0 spiro atoms. The number of thioether (sulfide) groups is 1. The maximum atomic E-state index is 8.60. The summed E-state index contributed by atoms with van der Waals surface area (Å²) >= 11 is 4.82. The van der Waals surface area contributed by atoms with Crippen LogP contribution in [-0.2, 0) is 0 Å². The molecule has 1 aromatic heterocycles. The largest absolute Gasteiger partial charge is 0.271 e. The Kier molecular flexibility index (Phi) is 4.12. The lowest BCUT2D eigenvalue weighted by Crippen LogP contribution is -2.12. The van der Waals surface area contributed by atoms with Gasteiger partial charge in [0.25, 0.3) is 0 Å². The van der Waals surface area contributed by atoms with Gasteiger partial charge in [0.05, 0.1) is 15.7 Å². The molecular formula is C11H8BrN5S. The van der Waals surface area contributed by atoms with Gasteiger partial charge in [-0.15, -0.1) is 0 Å². The van der Waals surface area contributed by atoms with Crippen LogP contribution in [0.5, 0.6) is 0 Å². The van der Waals surface area contributed by atoms with Crippen LogP contribution in [-0.4, -0.2) is 21.4 Å². The van der Waals surface area contributed by atoms with Crippen molar-refractivity contribution in [2.24, 2.45) is 4.99 Å². The second-order valence-corrected chi connectivity index (χ2v) is 4.77. The van der Waals surface area contributed by atoms with Gasteiger partial charge in [-0.05, 0) is 34.3 Å². The third-order valence-electron chi connectivity index (χ3n) is 2.14. The van der Waals surface area contributed by atoms with Gasteiger partial charge >= 0.3 is 0 Å². The van der Waals surface area contributed by atoms with Crippen molar-refractivity contribution in [2.45, 2.75) is 0 Å². The van der Waals surface area contributed by atoms with Crippen LogP contribution in [0.1, 0.15) is 0 Å². The first-order valence-corrected chi connectivity index (χ1v) is 6.95. The fourth-order valence-corrected chi connectivity index (χ4v) is 2.22. The highest BCUT2D eigenvalue weighted by atomic mass is 79.9. The summed E-state index contributed by atoms with van der Waals surface area (Å²) in [5.41, 5.74) is 2.24. The van der Waals surface area contributed by atoms with Crippen LogP contribution >= 0.6 is 27.7 Å². The summed E-state index contributed by atoms with van der Waals surface area (Å²) in [7, 11) is 0. The van der Waals surface area contributed by atoms with Crippen molar-refractivity contribution in [1.82, 2.24) is 15.3 Å². The van der Waals surface area contributed by atoms with E-state index in [-0.39, 0.29) is 0 Å². The summed E-state index contributed by atoms with van der Waals surface area (Å²) in [4.78, 5) is 12.8. The van der Waals surface area contributed by atoms with Crippen molar-refractivity contribution in [3.05, 3.63) is 29.0 Å². The summed E-state index contributed by atoms with van der Waals surface area (Å²) in [6, 6.07) is 3.67. The maximum absolute atomic E-state index is 8.60. The number of hydrogen-bond acceptors (Lipinski definition) is 5. The number of aliphatic imine (C=N–C) groups is 1. The molecule has 1 N–H and O–H groups in total. The fourth-order valence-electron chi connectivity index (χ4n) is 1.36. The number of rotatable bonds is 1. The lowest BCUT2D eigenvalue weighted by molar-refractivity contribution is 1.26. The highest BCUT2D eigenvalue weighted by Gasteiger charge is 2.07. The minimum absolute atomic E-state index is 0.529. The molecule has 5 nitrogen and oxygen atoms in total. The summed E-state index contributed by atoms with van der Waals surface area (Å²) in [6.07, 6.45) is 6.97. The highest BCUT2D eigenvalue weighted by molar-refractivity contribution is 9.10. The van der Waals surface area contributed by atoms with Crippen molar-refractivity contribution >= 4 is 49.6 Å². The molecule has 7 heteroatoms. The Morgan fingerprint density at radius 2 is 2.22 bits per heavy atom. The standard InChI is InChI=1S/C11H8BrN5S/c1-18-11(16-6-13)17-7-2-3-8-10(9(7)12)15-5-4-14-8/h2-5H,1H3,(H,16,17). The molecule has 0 amide bonds. The molecule has 0 saturated heterocycles. The van der Waals surface area contributed by atoms with Crippen LogP contribution < -0.4 is 5.32 Å². The quantitative estimate of drug-likeness (QED) is 0.378. The second-order valence-electron chi connectivity index (χ2n) is 3.18. The molecule has 0 atom stereocenters.